The molecule has 2 atom stereocenters. The number of ether oxygens (including phenoxy) is 2. The van der Waals surface area contributed by atoms with E-state index in [4.69, 9.17) is 18.5 Å². The predicted octanol–water partition coefficient (Wildman–Crippen LogP) is 6.81. The van der Waals surface area contributed by atoms with Gasteiger partial charge in [-0.05, 0) is 24.5 Å². The Morgan fingerprint density at radius 1 is 0.825 bits per heavy atom. The summed E-state index contributed by atoms with van der Waals surface area (Å²) >= 11 is 0. The van der Waals surface area contributed by atoms with Crippen molar-refractivity contribution in [1.82, 2.24) is 0 Å². The van der Waals surface area contributed by atoms with Crippen molar-refractivity contribution in [3.8, 4) is 5.75 Å². The number of aryl methyl sites for hydroxylation is 1. The van der Waals surface area contributed by atoms with Crippen LogP contribution >= 0.6 is 8.60 Å². The Morgan fingerprint density at radius 3 is 1.98 bits per heavy atom. The Balaban J connectivity index is 2.30. The Hall–Kier alpha value is -1.24. The molecule has 0 aliphatic rings. The summed E-state index contributed by atoms with van der Waals surface area (Å²) < 4.78 is 22.3. The normalized spacial score (nSPS) is 12.9. The molecule has 8 heteroatoms. The molecule has 0 spiro atoms. The lowest BCUT2D eigenvalue weighted by atomic mass is 10.0. The summed E-state index contributed by atoms with van der Waals surface area (Å²) in [5.74, 6) is 0.485. The summed E-state index contributed by atoms with van der Waals surface area (Å²) in [5, 5.41) is 0. The third kappa shape index (κ3) is 20.6. The number of esters is 1. The van der Waals surface area contributed by atoms with E-state index in [9.17, 15) is 9.69 Å². The minimum atomic E-state index is -2.03. The molecule has 0 aromatic heterocycles. The van der Waals surface area contributed by atoms with Gasteiger partial charge in [0.2, 0.25) is 0 Å². The highest BCUT2D eigenvalue weighted by Gasteiger charge is 2.19. The van der Waals surface area contributed by atoms with Crippen molar-refractivity contribution in [1.29, 1.82) is 0 Å². The molecule has 2 N–H and O–H groups in total. The fourth-order valence-corrected chi connectivity index (χ4v) is 5.06. The molecule has 0 amide bonds. The molecule has 0 saturated heterocycles. The van der Waals surface area contributed by atoms with E-state index in [-0.39, 0.29) is 25.6 Å². The second-order valence-electron chi connectivity index (χ2n) is 11.1. The van der Waals surface area contributed by atoms with E-state index in [2.05, 4.69) is 13.0 Å². The first-order valence-electron chi connectivity index (χ1n) is 15.9. The molecular formula is C32H59NO6P+. The number of quaternary nitrogens is 1. The van der Waals surface area contributed by atoms with Gasteiger partial charge in [-0.15, -0.1) is 0 Å². The van der Waals surface area contributed by atoms with Crippen LogP contribution in [-0.2, 0) is 25.0 Å². The lowest BCUT2D eigenvalue weighted by Gasteiger charge is -2.20. The first kappa shape index (κ1) is 36.8. The molecule has 1 aromatic carbocycles. The fraction of sp³-hybridized carbons (Fsp3) is 0.781. The number of likely N-dealkylation sites (N-methyl/N-ethyl adjacent to an activating group) is 1. The number of rotatable bonds is 27. The van der Waals surface area contributed by atoms with Crippen LogP contribution in [0, 0.1) is 0 Å². The maximum absolute atomic E-state index is 11.9. The molecule has 0 aliphatic heterocycles. The Kier molecular flexibility index (Phi) is 23.4. The van der Waals surface area contributed by atoms with Gasteiger partial charge >= 0.3 is 14.6 Å². The van der Waals surface area contributed by atoms with E-state index in [1.54, 1.807) is 6.92 Å². The molecule has 2 unspecified atom stereocenters. The molecule has 1 aromatic rings. The molecular weight excluding hydrogens is 525 g/mol. The van der Waals surface area contributed by atoms with Crippen LogP contribution in [0.1, 0.15) is 116 Å². The largest absolute Gasteiger partial charge is 0.489 e. The summed E-state index contributed by atoms with van der Waals surface area (Å²) in [7, 11) is 2.00. The van der Waals surface area contributed by atoms with Gasteiger partial charge in [-0.25, -0.2) is 0 Å². The second-order valence-corrected chi connectivity index (χ2v) is 12.0. The van der Waals surface area contributed by atoms with E-state index >= 15 is 0 Å². The van der Waals surface area contributed by atoms with Crippen LogP contribution in [-0.4, -0.2) is 57.4 Å². The lowest BCUT2D eigenvalue weighted by molar-refractivity contribution is -0.858. The Labute approximate surface area is 246 Å². The van der Waals surface area contributed by atoms with Gasteiger partial charge in [0.1, 0.15) is 25.5 Å². The Bertz CT molecular complexity index is 735. The number of carbonyl (C=O) groups excluding carboxylic acids is 1. The van der Waals surface area contributed by atoms with Crippen LogP contribution in [0.15, 0.2) is 24.3 Å². The van der Waals surface area contributed by atoms with Crippen molar-refractivity contribution < 1.29 is 33.1 Å². The Morgan fingerprint density at radius 2 is 1.40 bits per heavy atom. The van der Waals surface area contributed by atoms with E-state index in [0.717, 1.165) is 25.1 Å². The number of hydrogen-bond acceptors (Lipinski definition) is 6. The highest BCUT2D eigenvalue weighted by atomic mass is 31.2. The molecule has 1 rings (SSSR count). The van der Waals surface area contributed by atoms with Gasteiger partial charge in [-0.2, -0.15) is 0 Å². The van der Waals surface area contributed by atoms with Crippen molar-refractivity contribution in [3.05, 3.63) is 29.8 Å². The van der Waals surface area contributed by atoms with Crippen molar-refractivity contribution >= 4 is 14.6 Å². The van der Waals surface area contributed by atoms with Crippen LogP contribution < -0.4 is 9.64 Å². The molecule has 0 saturated carbocycles. The summed E-state index contributed by atoms with van der Waals surface area (Å²) in [6.07, 6.45) is 19.5. The minimum Gasteiger partial charge on any atom is -0.489 e. The minimum absolute atomic E-state index is 0.0177. The van der Waals surface area contributed by atoms with Crippen LogP contribution in [0.3, 0.4) is 0 Å². The number of hydrogen-bond donors (Lipinski definition) is 2. The molecule has 0 aliphatic carbocycles. The van der Waals surface area contributed by atoms with E-state index in [1.807, 2.05) is 32.3 Å². The molecule has 0 fully saturated rings. The van der Waals surface area contributed by atoms with Crippen LogP contribution in [0.2, 0.25) is 0 Å². The number of carbonyl (C=O) groups is 1. The highest BCUT2D eigenvalue weighted by molar-refractivity contribution is 7.40. The molecule has 0 bridgehead atoms. The van der Waals surface area contributed by atoms with Crippen LogP contribution in [0.4, 0.5) is 0 Å². The van der Waals surface area contributed by atoms with Crippen molar-refractivity contribution in [2.45, 2.75) is 123 Å². The number of benzene rings is 1. The number of unbranched alkanes of at least 4 members (excludes halogenated alkanes) is 13. The maximum atomic E-state index is 11.9. The smallest absolute Gasteiger partial charge is 0.330 e. The van der Waals surface area contributed by atoms with Gasteiger partial charge in [0, 0.05) is 6.42 Å². The predicted molar refractivity (Wildman–Crippen MR) is 165 cm³/mol. The molecule has 0 radical (unpaired) electrons. The summed E-state index contributed by atoms with van der Waals surface area (Å²) in [5.41, 5.74) is 1.17. The summed E-state index contributed by atoms with van der Waals surface area (Å²) in [4.78, 5) is 23.2. The topological polar surface area (TPSA) is 78.7 Å². The van der Waals surface area contributed by atoms with Gasteiger partial charge in [-0.3, -0.25) is 4.79 Å². The van der Waals surface area contributed by atoms with Gasteiger partial charge in [-0.1, -0.05) is 116 Å². The maximum Gasteiger partial charge on any atom is 0.330 e. The molecule has 40 heavy (non-hydrogen) atoms. The first-order chi connectivity index (χ1) is 19.5. The summed E-state index contributed by atoms with van der Waals surface area (Å²) in [6.45, 7) is 5.36. The van der Waals surface area contributed by atoms with E-state index in [1.165, 1.54) is 93.9 Å². The van der Waals surface area contributed by atoms with Gasteiger partial charge in [0.15, 0.2) is 6.10 Å². The summed E-state index contributed by atoms with van der Waals surface area (Å²) in [6, 6.07) is 8.07. The van der Waals surface area contributed by atoms with E-state index < -0.39 is 14.7 Å². The molecule has 7 nitrogen and oxygen atoms in total. The zero-order valence-corrected chi connectivity index (χ0v) is 26.9. The number of nitrogens with one attached hydrogen (secondary N) is 1. The second kappa shape index (κ2) is 25.5. The van der Waals surface area contributed by atoms with Gasteiger partial charge in [0.25, 0.3) is 0 Å². The molecule has 0 heterocycles. The number of para-hydroxylation sites is 1. The first-order valence-corrected chi connectivity index (χ1v) is 17.0. The average molecular weight is 585 g/mol. The highest BCUT2D eigenvalue weighted by Crippen LogP contribution is 2.32. The average Bonchev–Trinajstić information content (AvgIpc) is 2.94. The quantitative estimate of drug-likeness (QED) is 0.0672. The van der Waals surface area contributed by atoms with Crippen molar-refractivity contribution in [2.75, 3.05) is 40.5 Å². The third-order valence-electron chi connectivity index (χ3n) is 6.96. The van der Waals surface area contributed by atoms with Gasteiger partial charge < -0.3 is 28.3 Å². The fourth-order valence-electron chi connectivity index (χ4n) is 4.44. The SMILES string of the molecule is CCCCCCCCCCCCCCCCc1ccccc1OCC(COP(O)OCC[NH+](C)C)OC(=O)CC. The van der Waals surface area contributed by atoms with Crippen molar-refractivity contribution in [2.24, 2.45) is 0 Å². The molecule has 232 valence electrons. The van der Waals surface area contributed by atoms with E-state index in [0.29, 0.717) is 6.61 Å². The lowest BCUT2D eigenvalue weighted by Crippen LogP contribution is -3.06. The van der Waals surface area contributed by atoms with Crippen LogP contribution in [0.5, 0.6) is 5.75 Å². The monoisotopic (exact) mass is 584 g/mol. The van der Waals surface area contributed by atoms with Gasteiger partial charge in [0.05, 0.1) is 20.7 Å². The zero-order chi connectivity index (χ0) is 29.3. The standard InChI is InChI=1S/C32H58NO6P/c1-5-7-8-9-10-11-12-13-14-15-16-17-18-19-22-29-23-20-21-24-31(29)36-27-30(39-32(34)6-2)28-38-40(35)37-26-25-33(3)4/h20-21,23-24,30,35H,5-19,22,25-28H2,1-4H3/p+1. The van der Waals surface area contributed by atoms with Crippen molar-refractivity contribution in [3.63, 3.8) is 0 Å². The third-order valence-corrected chi connectivity index (χ3v) is 7.73. The zero-order valence-electron chi connectivity index (χ0n) is 26.0. The van der Waals surface area contributed by atoms with Crippen LogP contribution in [0.25, 0.3) is 0 Å².